The standard InChI is InChI=1S/C17H14ClF2NO4/c1-9(16(22)21-14-5-4-11(19)8-13(14)20)25-17(23)12-7-10(18)3-6-15(12)24-2/h3-9H,1-2H3,(H,21,22)/t9-/m1/s1. The van der Waals surface area contributed by atoms with Crippen molar-refractivity contribution in [1.29, 1.82) is 0 Å². The molecule has 0 spiro atoms. The molecule has 5 nitrogen and oxygen atoms in total. The van der Waals surface area contributed by atoms with Crippen LogP contribution in [0.15, 0.2) is 36.4 Å². The molecule has 1 atom stereocenters. The van der Waals surface area contributed by atoms with Gasteiger partial charge in [0.2, 0.25) is 0 Å². The molecular formula is C17H14ClF2NO4. The molecule has 0 aliphatic rings. The Labute approximate surface area is 147 Å². The first kappa shape index (κ1) is 18.7. The number of methoxy groups -OCH3 is 1. The highest BCUT2D eigenvalue weighted by molar-refractivity contribution is 6.31. The molecule has 0 saturated heterocycles. The Morgan fingerprint density at radius 3 is 2.52 bits per heavy atom. The minimum atomic E-state index is -1.24. The fourth-order valence-electron chi connectivity index (χ4n) is 1.94. The third-order valence-electron chi connectivity index (χ3n) is 3.22. The molecular weight excluding hydrogens is 356 g/mol. The lowest BCUT2D eigenvalue weighted by atomic mass is 10.2. The van der Waals surface area contributed by atoms with E-state index >= 15 is 0 Å². The van der Waals surface area contributed by atoms with Crippen molar-refractivity contribution in [2.45, 2.75) is 13.0 Å². The van der Waals surface area contributed by atoms with Crippen molar-refractivity contribution in [3.8, 4) is 5.75 Å². The molecule has 8 heteroatoms. The van der Waals surface area contributed by atoms with Gasteiger partial charge in [-0.3, -0.25) is 4.79 Å². The number of anilines is 1. The summed E-state index contributed by atoms with van der Waals surface area (Å²) in [5.74, 6) is -3.10. The average Bonchev–Trinajstić information content (AvgIpc) is 2.57. The second kappa shape index (κ2) is 7.94. The van der Waals surface area contributed by atoms with E-state index in [0.717, 1.165) is 12.1 Å². The topological polar surface area (TPSA) is 64.6 Å². The van der Waals surface area contributed by atoms with Gasteiger partial charge in [-0.25, -0.2) is 13.6 Å². The van der Waals surface area contributed by atoms with E-state index in [2.05, 4.69) is 5.32 Å². The summed E-state index contributed by atoms with van der Waals surface area (Å²) in [6.07, 6.45) is -1.24. The first-order valence-electron chi connectivity index (χ1n) is 7.12. The zero-order chi connectivity index (χ0) is 18.6. The summed E-state index contributed by atoms with van der Waals surface area (Å²) < 4.78 is 36.5. The summed E-state index contributed by atoms with van der Waals surface area (Å²) in [5, 5.41) is 2.51. The Bertz CT molecular complexity index is 813. The second-order valence-electron chi connectivity index (χ2n) is 5.01. The molecule has 2 rings (SSSR count). The maximum absolute atomic E-state index is 13.6. The summed E-state index contributed by atoms with van der Waals surface area (Å²) in [5.41, 5.74) is -0.183. The quantitative estimate of drug-likeness (QED) is 0.814. The molecule has 0 unspecified atom stereocenters. The maximum Gasteiger partial charge on any atom is 0.342 e. The van der Waals surface area contributed by atoms with Crippen LogP contribution in [0.2, 0.25) is 5.02 Å². The number of esters is 1. The van der Waals surface area contributed by atoms with Crippen molar-refractivity contribution in [3.63, 3.8) is 0 Å². The molecule has 0 radical (unpaired) electrons. The molecule has 0 aliphatic heterocycles. The van der Waals surface area contributed by atoms with E-state index in [1.807, 2.05) is 0 Å². The largest absolute Gasteiger partial charge is 0.496 e. The number of ether oxygens (including phenoxy) is 2. The Morgan fingerprint density at radius 1 is 1.16 bits per heavy atom. The predicted molar refractivity (Wildman–Crippen MR) is 87.9 cm³/mol. The van der Waals surface area contributed by atoms with Crippen LogP contribution >= 0.6 is 11.6 Å². The van der Waals surface area contributed by atoms with Gasteiger partial charge in [0.05, 0.1) is 12.8 Å². The third kappa shape index (κ3) is 4.67. The van der Waals surface area contributed by atoms with Crippen LogP contribution in [0.1, 0.15) is 17.3 Å². The molecule has 1 amide bonds. The van der Waals surface area contributed by atoms with Crippen LogP contribution in [0.5, 0.6) is 5.75 Å². The number of benzene rings is 2. The molecule has 0 heterocycles. The minimum absolute atomic E-state index is 0.0441. The van der Waals surface area contributed by atoms with E-state index in [-0.39, 0.29) is 17.0 Å². The zero-order valence-corrected chi connectivity index (χ0v) is 14.1. The van der Waals surface area contributed by atoms with Crippen LogP contribution in [-0.2, 0) is 9.53 Å². The van der Waals surface area contributed by atoms with Crippen molar-refractivity contribution in [1.82, 2.24) is 0 Å². The van der Waals surface area contributed by atoms with Gasteiger partial charge in [-0.15, -0.1) is 0 Å². The lowest BCUT2D eigenvalue weighted by Crippen LogP contribution is -2.30. The average molecular weight is 370 g/mol. The number of hydrogen-bond acceptors (Lipinski definition) is 4. The van der Waals surface area contributed by atoms with E-state index in [4.69, 9.17) is 21.1 Å². The van der Waals surface area contributed by atoms with Gasteiger partial charge >= 0.3 is 5.97 Å². The number of halogens is 3. The lowest BCUT2D eigenvalue weighted by Gasteiger charge is -2.15. The molecule has 2 aromatic rings. The highest BCUT2D eigenvalue weighted by Gasteiger charge is 2.22. The van der Waals surface area contributed by atoms with Crippen LogP contribution < -0.4 is 10.1 Å². The maximum atomic E-state index is 13.6. The van der Waals surface area contributed by atoms with Crippen molar-refractivity contribution < 1.29 is 27.8 Å². The molecule has 0 fully saturated rings. The van der Waals surface area contributed by atoms with Crippen molar-refractivity contribution in [2.24, 2.45) is 0 Å². The van der Waals surface area contributed by atoms with Gasteiger partial charge < -0.3 is 14.8 Å². The lowest BCUT2D eigenvalue weighted by molar-refractivity contribution is -0.123. The van der Waals surface area contributed by atoms with Crippen molar-refractivity contribution >= 4 is 29.2 Å². The van der Waals surface area contributed by atoms with Gasteiger partial charge in [0, 0.05) is 11.1 Å². The molecule has 132 valence electrons. The highest BCUT2D eigenvalue weighted by Crippen LogP contribution is 2.24. The number of amides is 1. The van der Waals surface area contributed by atoms with Gasteiger partial charge in [0.1, 0.15) is 22.9 Å². The minimum Gasteiger partial charge on any atom is -0.496 e. The van der Waals surface area contributed by atoms with E-state index in [9.17, 15) is 18.4 Å². The zero-order valence-electron chi connectivity index (χ0n) is 13.3. The van der Waals surface area contributed by atoms with Gasteiger partial charge in [-0.05, 0) is 37.3 Å². The molecule has 0 aromatic heterocycles. The SMILES string of the molecule is COc1ccc(Cl)cc1C(=O)O[C@H](C)C(=O)Nc1ccc(F)cc1F. The highest BCUT2D eigenvalue weighted by atomic mass is 35.5. The van der Waals surface area contributed by atoms with E-state index < -0.39 is 29.6 Å². The number of nitrogens with one attached hydrogen (secondary N) is 1. The van der Waals surface area contributed by atoms with Gasteiger partial charge in [0.15, 0.2) is 6.10 Å². The number of hydrogen-bond donors (Lipinski definition) is 1. The summed E-state index contributed by atoms with van der Waals surface area (Å²) >= 11 is 5.84. The molecule has 0 bridgehead atoms. The number of carbonyl (C=O) groups excluding carboxylic acids is 2. The fraction of sp³-hybridized carbons (Fsp3) is 0.176. The van der Waals surface area contributed by atoms with Crippen LogP contribution in [0.25, 0.3) is 0 Å². The van der Waals surface area contributed by atoms with Crippen LogP contribution in [0.4, 0.5) is 14.5 Å². The van der Waals surface area contributed by atoms with Crippen molar-refractivity contribution in [2.75, 3.05) is 12.4 Å². The number of carbonyl (C=O) groups is 2. The summed E-state index contributed by atoms with van der Waals surface area (Å²) in [6, 6.07) is 7.04. The Morgan fingerprint density at radius 2 is 1.88 bits per heavy atom. The molecule has 25 heavy (non-hydrogen) atoms. The summed E-state index contributed by atoms with van der Waals surface area (Å²) in [6.45, 7) is 1.31. The Hall–Kier alpha value is -2.67. The van der Waals surface area contributed by atoms with Crippen LogP contribution in [0.3, 0.4) is 0 Å². The van der Waals surface area contributed by atoms with E-state index in [1.54, 1.807) is 0 Å². The van der Waals surface area contributed by atoms with Gasteiger partial charge in [-0.2, -0.15) is 0 Å². The van der Waals surface area contributed by atoms with E-state index in [1.165, 1.54) is 32.2 Å². The normalized spacial score (nSPS) is 11.6. The monoisotopic (exact) mass is 369 g/mol. The number of rotatable bonds is 5. The second-order valence-corrected chi connectivity index (χ2v) is 5.44. The first-order valence-corrected chi connectivity index (χ1v) is 7.50. The summed E-state index contributed by atoms with van der Waals surface area (Å²) in [4.78, 5) is 24.2. The molecule has 0 saturated carbocycles. The van der Waals surface area contributed by atoms with Crippen LogP contribution in [0, 0.1) is 11.6 Å². The predicted octanol–water partition coefficient (Wildman–Crippen LogP) is 3.81. The van der Waals surface area contributed by atoms with Gasteiger partial charge in [-0.1, -0.05) is 11.6 Å². The fourth-order valence-corrected chi connectivity index (χ4v) is 2.11. The molecule has 0 aliphatic carbocycles. The Kier molecular flexibility index (Phi) is 5.93. The molecule has 1 N–H and O–H groups in total. The van der Waals surface area contributed by atoms with Gasteiger partial charge in [0.25, 0.3) is 5.91 Å². The van der Waals surface area contributed by atoms with Crippen LogP contribution in [-0.4, -0.2) is 25.1 Å². The Balaban J connectivity index is 2.08. The summed E-state index contributed by atoms with van der Waals surface area (Å²) in [7, 11) is 1.37. The molecule has 2 aromatic carbocycles. The first-order chi connectivity index (χ1) is 11.8. The van der Waals surface area contributed by atoms with Crippen molar-refractivity contribution in [3.05, 3.63) is 58.6 Å². The van der Waals surface area contributed by atoms with E-state index in [0.29, 0.717) is 11.1 Å². The third-order valence-corrected chi connectivity index (χ3v) is 3.46. The smallest absolute Gasteiger partial charge is 0.342 e.